The lowest BCUT2D eigenvalue weighted by Crippen LogP contribution is -2.13. The molecule has 0 atom stereocenters. The normalized spacial score (nSPS) is 10.3. The highest BCUT2D eigenvalue weighted by atomic mass is 35.5. The summed E-state index contributed by atoms with van der Waals surface area (Å²) in [5.74, 6) is -1.48. The zero-order chi connectivity index (χ0) is 14.7. The fraction of sp³-hybridized carbons (Fsp3) is 0.154. The first-order chi connectivity index (χ1) is 9.51. The maximum absolute atomic E-state index is 12.1. The second-order valence-electron chi connectivity index (χ2n) is 3.94. The summed E-state index contributed by atoms with van der Waals surface area (Å²) in [4.78, 5) is 27.9. The number of aromatic nitrogens is 1. The molecule has 2 N–H and O–H groups in total. The van der Waals surface area contributed by atoms with Crippen LogP contribution in [0.1, 0.15) is 32.5 Å². The molecule has 1 amide bonds. The van der Waals surface area contributed by atoms with E-state index in [0.29, 0.717) is 17.0 Å². The summed E-state index contributed by atoms with van der Waals surface area (Å²) in [6.45, 7) is 1.92. The third kappa shape index (κ3) is 3.15. The predicted molar refractivity (Wildman–Crippen MR) is 77.9 cm³/mol. The zero-order valence-electron chi connectivity index (χ0n) is 10.5. The number of thiophene rings is 1. The second kappa shape index (κ2) is 6.02. The molecule has 2 aromatic heterocycles. The van der Waals surface area contributed by atoms with Crippen LogP contribution in [0.5, 0.6) is 0 Å². The number of carbonyl (C=O) groups excluding carboxylic acids is 1. The van der Waals surface area contributed by atoms with Crippen molar-refractivity contribution in [1.29, 1.82) is 0 Å². The van der Waals surface area contributed by atoms with Gasteiger partial charge in [0.25, 0.3) is 5.91 Å². The molecule has 20 heavy (non-hydrogen) atoms. The minimum Gasteiger partial charge on any atom is -0.478 e. The number of amides is 1. The van der Waals surface area contributed by atoms with E-state index < -0.39 is 11.9 Å². The van der Waals surface area contributed by atoms with Gasteiger partial charge in [0.2, 0.25) is 0 Å². The van der Waals surface area contributed by atoms with Gasteiger partial charge in [0, 0.05) is 16.6 Å². The number of carboxylic acid groups (broad SMARTS) is 1. The number of anilines is 1. The van der Waals surface area contributed by atoms with Crippen molar-refractivity contribution in [1.82, 2.24) is 4.98 Å². The van der Waals surface area contributed by atoms with Gasteiger partial charge in [-0.25, -0.2) is 9.78 Å². The number of rotatable bonds is 4. The monoisotopic (exact) mass is 310 g/mol. The number of pyridine rings is 1. The summed E-state index contributed by atoms with van der Waals surface area (Å²) in [6, 6.07) is 4.50. The van der Waals surface area contributed by atoms with E-state index in [1.165, 1.54) is 29.7 Å². The second-order valence-corrected chi connectivity index (χ2v) is 5.46. The van der Waals surface area contributed by atoms with E-state index in [1.807, 2.05) is 6.92 Å². The number of hydrogen-bond donors (Lipinski definition) is 2. The molecule has 2 rings (SSSR count). The molecule has 0 fully saturated rings. The highest BCUT2D eigenvalue weighted by Crippen LogP contribution is 2.29. The van der Waals surface area contributed by atoms with Crippen LogP contribution in [-0.2, 0) is 6.42 Å². The van der Waals surface area contributed by atoms with Crippen LogP contribution >= 0.6 is 22.9 Å². The molecular formula is C13H11ClN2O3S. The Balaban J connectivity index is 2.27. The number of carbonyl (C=O) groups is 2. The lowest BCUT2D eigenvalue weighted by molar-refractivity contribution is 0.0698. The highest BCUT2D eigenvalue weighted by Gasteiger charge is 2.17. The van der Waals surface area contributed by atoms with E-state index in [-0.39, 0.29) is 10.7 Å². The van der Waals surface area contributed by atoms with Crippen LogP contribution in [0.25, 0.3) is 0 Å². The number of halogens is 1. The first-order valence-electron chi connectivity index (χ1n) is 5.80. The molecule has 7 heteroatoms. The van der Waals surface area contributed by atoms with Crippen molar-refractivity contribution < 1.29 is 14.7 Å². The maximum Gasteiger partial charge on any atom is 0.338 e. The van der Waals surface area contributed by atoms with Crippen molar-refractivity contribution in [2.45, 2.75) is 13.3 Å². The third-order valence-corrected chi connectivity index (χ3v) is 3.98. The van der Waals surface area contributed by atoms with Crippen LogP contribution < -0.4 is 5.32 Å². The molecule has 0 aliphatic carbocycles. The van der Waals surface area contributed by atoms with Crippen molar-refractivity contribution in [2.75, 3.05) is 5.32 Å². The Kier molecular flexibility index (Phi) is 4.36. The minimum atomic E-state index is -1.07. The Morgan fingerprint density at radius 1 is 1.45 bits per heavy atom. The van der Waals surface area contributed by atoms with Gasteiger partial charge in [-0.15, -0.1) is 11.3 Å². The van der Waals surface area contributed by atoms with Crippen LogP contribution in [0, 0.1) is 0 Å². The van der Waals surface area contributed by atoms with Crippen LogP contribution in [0.2, 0.25) is 5.15 Å². The van der Waals surface area contributed by atoms with Crippen molar-refractivity contribution in [3.63, 3.8) is 0 Å². The molecule has 0 aliphatic rings. The van der Waals surface area contributed by atoms with Crippen molar-refractivity contribution in [2.24, 2.45) is 0 Å². The van der Waals surface area contributed by atoms with Gasteiger partial charge in [-0.3, -0.25) is 4.79 Å². The molecule has 2 heterocycles. The van der Waals surface area contributed by atoms with Crippen molar-refractivity contribution in [3.8, 4) is 0 Å². The Bertz CT molecular complexity index is 669. The van der Waals surface area contributed by atoms with Gasteiger partial charge in [0.15, 0.2) is 0 Å². The molecule has 104 valence electrons. The summed E-state index contributed by atoms with van der Waals surface area (Å²) < 4.78 is 0. The third-order valence-electron chi connectivity index (χ3n) is 2.58. The molecule has 0 spiro atoms. The predicted octanol–water partition coefficient (Wildman–Crippen LogP) is 3.31. The number of nitrogens with one attached hydrogen (secondary N) is 1. The van der Waals surface area contributed by atoms with Crippen molar-refractivity contribution >= 4 is 39.8 Å². The highest BCUT2D eigenvalue weighted by molar-refractivity contribution is 7.16. The van der Waals surface area contributed by atoms with E-state index >= 15 is 0 Å². The standard InChI is InChI=1S/C13H11ClN2O3S/c1-2-8-6-9(13(18)19)12(20-8)16-11(17)7-3-4-15-10(14)5-7/h3-6H,2H2,1H3,(H,16,17)(H,18,19). The van der Waals surface area contributed by atoms with Gasteiger partial charge in [0.05, 0.1) is 5.56 Å². The first-order valence-corrected chi connectivity index (χ1v) is 6.99. The topological polar surface area (TPSA) is 79.3 Å². The lowest BCUT2D eigenvalue weighted by atomic mass is 10.2. The van der Waals surface area contributed by atoms with Gasteiger partial charge >= 0.3 is 5.97 Å². The molecule has 0 unspecified atom stereocenters. The lowest BCUT2D eigenvalue weighted by Gasteiger charge is -2.04. The van der Waals surface area contributed by atoms with Gasteiger partial charge in [-0.2, -0.15) is 0 Å². The van der Waals surface area contributed by atoms with E-state index in [9.17, 15) is 9.59 Å². The Morgan fingerprint density at radius 3 is 2.80 bits per heavy atom. The minimum absolute atomic E-state index is 0.0975. The molecule has 0 aliphatic heterocycles. The SMILES string of the molecule is CCc1cc(C(=O)O)c(NC(=O)c2ccnc(Cl)c2)s1. The summed E-state index contributed by atoms with van der Waals surface area (Å²) in [5.41, 5.74) is 0.424. The van der Waals surface area contributed by atoms with Gasteiger partial charge < -0.3 is 10.4 Å². The number of aromatic carboxylic acids is 1. The van der Waals surface area contributed by atoms with E-state index in [0.717, 1.165) is 4.88 Å². The summed E-state index contributed by atoms with van der Waals surface area (Å²) >= 11 is 6.97. The van der Waals surface area contributed by atoms with E-state index in [2.05, 4.69) is 10.3 Å². The Hall–Kier alpha value is -1.92. The molecule has 0 bridgehead atoms. The van der Waals surface area contributed by atoms with Crippen molar-refractivity contribution in [3.05, 3.63) is 45.6 Å². The Morgan fingerprint density at radius 2 is 2.20 bits per heavy atom. The van der Waals surface area contributed by atoms with Crippen LogP contribution in [0.15, 0.2) is 24.4 Å². The fourth-order valence-corrected chi connectivity index (χ4v) is 2.74. The summed E-state index contributed by atoms with van der Waals surface area (Å²) in [7, 11) is 0. The van der Waals surface area contributed by atoms with Crippen LogP contribution in [0.4, 0.5) is 5.00 Å². The van der Waals surface area contributed by atoms with E-state index in [4.69, 9.17) is 16.7 Å². The largest absolute Gasteiger partial charge is 0.478 e. The zero-order valence-corrected chi connectivity index (χ0v) is 12.1. The molecule has 0 aromatic carbocycles. The molecule has 5 nitrogen and oxygen atoms in total. The summed E-state index contributed by atoms with van der Waals surface area (Å²) in [5, 5.41) is 12.3. The van der Waals surface area contributed by atoms with Gasteiger partial charge in [-0.05, 0) is 24.6 Å². The number of aryl methyl sites for hydroxylation is 1. The first kappa shape index (κ1) is 14.5. The average Bonchev–Trinajstić information content (AvgIpc) is 2.82. The summed E-state index contributed by atoms with van der Waals surface area (Å²) in [6.07, 6.45) is 2.13. The van der Waals surface area contributed by atoms with Crippen LogP contribution in [0.3, 0.4) is 0 Å². The van der Waals surface area contributed by atoms with Gasteiger partial charge in [-0.1, -0.05) is 18.5 Å². The van der Waals surface area contributed by atoms with E-state index in [1.54, 1.807) is 6.07 Å². The van der Waals surface area contributed by atoms with Crippen LogP contribution in [-0.4, -0.2) is 22.0 Å². The maximum atomic E-state index is 12.1. The quantitative estimate of drug-likeness (QED) is 0.849. The molecule has 2 aromatic rings. The molecular weight excluding hydrogens is 300 g/mol. The molecule has 0 radical (unpaired) electrons. The smallest absolute Gasteiger partial charge is 0.338 e. The average molecular weight is 311 g/mol. The Labute approximate surface area is 124 Å². The molecule has 0 saturated heterocycles. The van der Waals surface area contributed by atoms with Gasteiger partial charge in [0.1, 0.15) is 10.2 Å². The number of nitrogens with zero attached hydrogens (tertiary/aromatic N) is 1. The number of carboxylic acids is 1. The molecule has 0 saturated carbocycles. The number of hydrogen-bond acceptors (Lipinski definition) is 4. The fourth-order valence-electron chi connectivity index (χ4n) is 1.59.